The summed E-state index contributed by atoms with van der Waals surface area (Å²) in [5.41, 5.74) is 5.41. The maximum atomic E-state index is 14.1. The van der Waals surface area contributed by atoms with Crippen LogP contribution in [-0.4, -0.2) is 0 Å². The molecule has 29 heavy (non-hydrogen) atoms. The fourth-order valence-electron chi connectivity index (χ4n) is 4.68. The van der Waals surface area contributed by atoms with Gasteiger partial charge in [0.15, 0.2) is 17.0 Å². The summed E-state index contributed by atoms with van der Waals surface area (Å²) in [5, 5.41) is 29.8. The largest absolute Gasteiger partial charge is 0.399 e. The zero-order valence-electron chi connectivity index (χ0n) is 16.6. The van der Waals surface area contributed by atoms with Crippen molar-refractivity contribution in [2.75, 3.05) is 0 Å². The minimum atomic E-state index is -1.84. The summed E-state index contributed by atoms with van der Waals surface area (Å²) in [5.74, 6) is -2.99. The van der Waals surface area contributed by atoms with E-state index < -0.39 is 23.0 Å². The van der Waals surface area contributed by atoms with Gasteiger partial charge in [0.05, 0.1) is 23.4 Å². The lowest BCUT2D eigenvalue weighted by molar-refractivity contribution is 0.170. The zero-order chi connectivity index (χ0) is 21.6. The van der Waals surface area contributed by atoms with Gasteiger partial charge < -0.3 is 5.73 Å². The number of nitrogens with zero attached hydrogens (tertiary/aromatic N) is 3. The summed E-state index contributed by atoms with van der Waals surface area (Å²) in [6.07, 6.45) is 3.31. The predicted molar refractivity (Wildman–Crippen MR) is 103 cm³/mol. The van der Waals surface area contributed by atoms with Crippen molar-refractivity contribution in [3.63, 3.8) is 0 Å². The number of benzene rings is 1. The van der Waals surface area contributed by atoms with E-state index in [2.05, 4.69) is 26.8 Å². The van der Waals surface area contributed by atoms with Crippen LogP contribution in [0.25, 0.3) is 0 Å². The number of rotatable bonds is 1. The molecule has 0 heterocycles. The molecule has 0 saturated heterocycles. The van der Waals surface area contributed by atoms with Crippen molar-refractivity contribution in [3.05, 3.63) is 58.3 Å². The van der Waals surface area contributed by atoms with Crippen LogP contribution >= 0.6 is 0 Å². The Morgan fingerprint density at radius 1 is 1.10 bits per heavy atom. The Morgan fingerprint density at radius 3 is 2.28 bits per heavy atom. The fourth-order valence-corrected chi connectivity index (χ4v) is 4.68. The Labute approximate surface area is 169 Å². The van der Waals surface area contributed by atoms with E-state index in [1.54, 1.807) is 0 Å². The predicted octanol–water partition coefficient (Wildman–Crippen LogP) is 4.83. The van der Waals surface area contributed by atoms with Crippen molar-refractivity contribution >= 4 is 0 Å². The van der Waals surface area contributed by atoms with Crippen LogP contribution in [0.2, 0.25) is 0 Å². The average Bonchev–Trinajstić information content (AvgIpc) is 2.68. The molecule has 0 radical (unpaired) electrons. The van der Waals surface area contributed by atoms with Crippen molar-refractivity contribution < 1.29 is 8.78 Å². The second-order valence-corrected chi connectivity index (χ2v) is 8.88. The Kier molecular flexibility index (Phi) is 4.97. The summed E-state index contributed by atoms with van der Waals surface area (Å²) in [4.78, 5) is 0. The Morgan fingerprint density at radius 2 is 1.76 bits per heavy atom. The molecule has 0 amide bonds. The van der Waals surface area contributed by atoms with Gasteiger partial charge in [0, 0.05) is 5.92 Å². The number of nitrogens with two attached hydrogens (primary N) is 1. The van der Waals surface area contributed by atoms with E-state index in [0.29, 0.717) is 17.6 Å². The van der Waals surface area contributed by atoms with Crippen molar-refractivity contribution in [2.45, 2.75) is 39.5 Å². The van der Waals surface area contributed by atoms with Crippen molar-refractivity contribution in [3.8, 4) is 18.2 Å². The second kappa shape index (κ2) is 7.02. The summed E-state index contributed by atoms with van der Waals surface area (Å²) in [6.45, 7) is 6.34. The molecule has 4 nitrogen and oxygen atoms in total. The van der Waals surface area contributed by atoms with E-state index >= 15 is 0 Å². The van der Waals surface area contributed by atoms with E-state index in [1.807, 2.05) is 18.2 Å². The molecule has 0 fully saturated rings. The highest BCUT2D eigenvalue weighted by Crippen LogP contribution is 2.57. The first-order chi connectivity index (χ1) is 13.6. The maximum Gasteiger partial charge on any atom is 0.191 e. The highest BCUT2D eigenvalue weighted by molar-refractivity contribution is 5.59. The second-order valence-electron chi connectivity index (χ2n) is 8.88. The molecule has 6 heteroatoms. The molecule has 3 rings (SSSR count). The van der Waals surface area contributed by atoms with Crippen LogP contribution in [0.1, 0.15) is 45.1 Å². The summed E-state index contributed by atoms with van der Waals surface area (Å²) < 4.78 is 27.6. The lowest BCUT2D eigenvalue weighted by Crippen LogP contribution is -2.44. The molecule has 0 unspecified atom stereocenters. The van der Waals surface area contributed by atoms with Gasteiger partial charge in [-0.25, -0.2) is 8.78 Å². The molecule has 0 saturated carbocycles. The van der Waals surface area contributed by atoms with Gasteiger partial charge in [-0.15, -0.1) is 0 Å². The molecular formula is C23H22F2N4. The quantitative estimate of drug-likeness (QED) is 0.740. The van der Waals surface area contributed by atoms with Gasteiger partial charge in [0.25, 0.3) is 0 Å². The number of allylic oxidation sites excluding steroid dienone is 4. The first-order valence-electron chi connectivity index (χ1n) is 9.49. The third-order valence-corrected chi connectivity index (χ3v) is 6.40. The Bertz CT molecular complexity index is 1030. The van der Waals surface area contributed by atoms with E-state index in [-0.39, 0.29) is 28.5 Å². The van der Waals surface area contributed by atoms with E-state index in [0.717, 1.165) is 18.6 Å². The molecule has 3 atom stereocenters. The number of hydrogen-bond acceptors (Lipinski definition) is 4. The van der Waals surface area contributed by atoms with Crippen LogP contribution in [0.15, 0.2) is 41.1 Å². The lowest BCUT2D eigenvalue weighted by atomic mass is 9.54. The molecular weight excluding hydrogens is 370 g/mol. The molecule has 0 aromatic heterocycles. The third kappa shape index (κ3) is 3.08. The standard InChI is InChI=1S/C23H22F2N4/c1-22(2,3)14-5-6-15-16(9-14)20(13-4-7-18(24)19(25)8-13)23(11-27,12-28)21(29)17(15)10-26/h4,6-8,14,16,20H,5,9,29H2,1-3H3/t14-,16+,20+/m1/s1. The number of fused-ring (bicyclic) bond motifs is 1. The van der Waals surface area contributed by atoms with Crippen LogP contribution < -0.4 is 5.73 Å². The molecule has 0 aliphatic heterocycles. The normalized spacial score (nSPS) is 25.9. The SMILES string of the molecule is CC(C)(C)[C@@H]1CC=C2C(C#N)=C(N)C(C#N)(C#N)[C@@H](c3ccc(F)c(F)c3)[C@H]2C1. The first kappa shape index (κ1) is 20.6. The summed E-state index contributed by atoms with van der Waals surface area (Å²) >= 11 is 0. The smallest absolute Gasteiger partial charge is 0.191 e. The topological polar surface area (TPSA) is 97.4 Å². The van der Waals surface area contributed by atoms with Crippen molar-refractivity contribution in [1.82, 2.24) is 0 Å². The van der Waals surface area contributed by atoms with Crippen LogP contribution in [0.3, 0.4) is 0 Å². The summed E-state index contributed by atoms with van der Waals surface area (Å²) in [6, 6.07) is 9.53. The summed E-state index contributed by atoms with van der Waals surface area (Å²) in [7, 11) is 0. The van der Waals surface area contributed by atoms with E-state index in [1.165, 1.54) is 6.07 Å². The Balaban J connectivity index is 2.32. The molecule has 2 aliphatic rings. The maximum absolute atomic E-state index is 14.1. The van der Waals surface area contributed by atoms with Crippen molar-refractivity contribution in [2.24, 2.45) is 28.4 Å². The number of hydrogen-bond donors (Lipinski definition) is 1. The molecule has 2 aliphatic carbocycles. The minimum Gasteiger partial charge on any atom is -0.399 e. The average molecular weight is 392 g/mol. The van der Waals surface area contributed by atoms with Crippen LogP contribution in [0.4, 0.5) is 8.78 Å². The van der Waals surface area contributed by atoms with E-state index in [4.69, 9.17) is 5.73 Å². The molecule has 2 N–H and O–H groups in total. The molecule has 1 aromatic carbocycles. The number of halogens is 2. The van der Waals surface area contributed by atoms with Gasteiger partial charge in [-0.1, -0.05) is 32.9 Å². The van der Waals surface area contributed by atoms with Gasteiger partial charge in [-0.3, -0.25) is 0 Å². The van der Waals surface area contributed by atoms with Crippen LogP contribution in [-0.2, 0) is 0 Å². The van der Waals surface area contributed by atoms with Crippen molar-refractivity contribution in [1.29, 1.82) is 15.8 Å². The highest BCUT2D eigenvalue weighted by atomic mass is 19.2. The van der Waals surface area contributed by atoms with E-state index in [9.17, 15) is 24.6 Å². The molecule has 0 spiro atoms. The third-order valence-electron chi connectivity index (χ3n) is 6.40. The Hall–Kier alpha value is -3.17. The monoisotopic (exact) mass is 392 g/mol. The molecule has 148 valence electrons. The molecule has 0 bridgehead atoms. The lowest BCUT2D eigenvalue weighted by Gasteiger charge is -2.47. The van der Waals surface area contributed by atoms with Gasteiger partial charge in [-0.05, 0) is 53.4 Å². The number of nitriles is 3. The van der Waals surface area contributed by atoms with Gasteiger partial charge >= 0.3 is 0 Å². The van der Waals surface area contributed by atoms with Crippen LogP contribution in [0, 0.1) is 68.3 Å². The molecule has 1 aromatic rings. The minimum absolute atomic E-state index is 0.0396. The first-order valence-corrected chi connectivity index (χ1v) is 9.49. The van der Waals surface area contributed by atoms with Gasteiger partial charge in [-0.2, -0.15) is 15.8 Å². The van der Waals surface area contributed by atoms with Gasteiger partial charge in [0.2, 0.25) is 0 Å². The highest BCUT2D eigenvalue weighted by Gasteiger charge is 2.55. The van der Waals surface area contributed by atoms with Gasteiger partial charge in [0.1, 0.15) is 6.07 Å². The zero-order valence-corrected chi connectivity index (χ0v) is 16.6. The fraction of sp³-hybridized carbons (Fsp3) is 0.435. The van der Waals surface area contributed by atoms with Crippen LogP contribution in [0.5, 0.6) is 0 Å².